The van der Waals surface area contributed by atoms with E-state index in [9.17, 15) is 0 Å². The summed E-state index contributed by atoms with van der Waals surface area (Å²) in [6.45, 7) is 11.5. The molecule has 1 fully saturated rings. The zero-order valence-corrected chi connectivity index (χ0v) is 17.4. The van der Waals surface area contributed by atoms with Crippen LogP contribution in [0.1, 0.15) is 48.0 Å². The smallest absolute Gasteiger partial charge is 0.558 e. The Morgan fingerprint density at radius 3 is 1.92 bits per heavy atom. The first-order chi connectivity index (χ1) is 11.7. The second-order valence-corrected chi connectivity index (χ2v) is 8.40. The molecular weight excluding hydrogens is 314 g/mol. The van der Waals surface area contributed by atoms with E-state index in [1.165, 1.54) is 11.1 Å². The van der Waals surface area contributed by atoms with Crippen molar-refractivity contribution in [3.63, 3.8) is 0 Å². The Morgan fingerprint density at radius 2 is 1.38 bits per heavy atom. The zero-order valence-electron chi connectivity index (χ0n) is 17.4. The molecule has 0 saturated carbocycles. The molecule has 0 spiro atoms. The van der Waals surface area contributed by atoms with Crippen LogP contribution in [-0.4, -0.2) is 17.8 Å². The molecule has 2 nitrogen and oxygen atoms in total. The third-order valence-corrected chi connectivity index (χ3v) is 6.24. The number of hydrogen-bond acceptors (Lipinski definition) is 2. The maximum atomic E-state index is 6.72. The van der Waals surface area contributed by atoms with Gasteiger partial charge in [0.1, 0.15) is 0 Å². The van der Waals surface area contributed by atoms with Gasteiger partial charge in [-0.3, -0.25) is 0 Å². The van der Waals surface area contributed by atoms with Crippen LogP contribution in [0.4, 0.5) is 0 Å². The van der Waals surface area contributed by atoms with Crippen LogP contribution in [0.15, 0.2) is 54.6 Å². The van der Waals surface area contributed by atoms with Crippen LogP contribution < -0.4 is 24.3 Å². The van der Waals surface area contributed by atoms with E-state index in [1.54, 1.807) is 0 Å². The third-order valence-electron chi connectivity index (χ3n) is 6.24. The van der Waals surface area contributed by atoms with Crippen LogP contribution in [-0.2, 0) is 9.31 Å². The topological polar surface area (TPSA) is 18.5 Å². The minimum atomic E-state index is -1.54. The fourth-order valence-corrected chi connectivity index (χ4v) is 3.79. The first kappa shape index (κ1) is 21.3. The predicted octanol–water partition coefficient (Wildman–Crippen LogP) is 2.41. The first-order valence-electron chi connectivity index (χ1n) is 9.43. The number of hydrogen-bond donors (Lipinski definition) is 0. The third kappa shape index (κ3) is 3.56. The summed E-state index contributed by atoms with van der Waals surface area (Å²) in [5.74, 6) is 0.312. The van der Waals surface area contributed by atoms with E-state index in [0.29, 0.717) is 5.82 Å². The van der Waals surface area contributed by atoms with Crippen molar-refractivity contribution in [2.24, 2.45) is 0 Å². The van der Waals surface area contributed by atoms with E-state index >= 15 is 0 Å². The van der Waals surface area contributed by atoms with Gasteiger partial charge in [-0.15, -0.1) is 5.82 Å². The molecule has 26 heavy (non-hydrogen) atoms. The summed E-state index contributed by atoms with van der Waals surface area (Å²) >= 11 is 0. The fourth-order valence-electron chi connectivity index (χ4n) is 3.79. The molecule has 0 amide bonds. The molecule has 1 atom stereocenters. The van der Waals surface area contributed by atoms with Gasteiger partial charge in [0.25, 0.3) is 6.55 Å². The Bertz CT molecular complexity index is 727. The zero-order chi connectivity index (χ0) is 18.3. The van der Waals surface area contributed by atoms with Gasteiger partial charge < -0.3 is 9.31 Å². The quantitative estimate of drug-likeness (QED) is 0.793. The molecule has 0 aliphatic carbocycles. The van der Waals surface area contributed by atoms with Gasteiger partial charge in [-0.05, 0) is 38.8 Å². The Labute approximate surface area is 170 Å². The maximum absolute atomic E-state index is 6.72. The molecule has 1 saturated heterocycles. The van der Waals surface area contributed by atoms with Gasteiger partial charge in [0.15, 0.2) is 0 Å². The molecule has 3 rings (SSSR count). The summed E-state index contributed by atoms with van der Waals surface area (Å²) in [6, 6.07) is 19.2. The van der Waals surface area contributed by atoms with E-state index in [2.05, 4.69) is 90.1 Å². The van der Waals surface area contributed by atoms with E-state index in [1.807, 2.05) is 6.07 Å². The van der Waals surface area contributed by atoms with Gasteiger partial charge in [0, 0.05) is 11.2 Å². The van der Waals surface area contributed by atoms with Crippen molar-refractivity contribution >= 4 is 12.0 Å². The monoisotopic (exact) mass is 344 g/mol. The normalized spacial score (nSPS) is 21.0. The molecule has 2 aromatic rings. The van der Waals surface area contributed by atoms with Crippen molar-refractivity contribution in [3.05, 3.63) is 54.6 Å². The Hall–Kier alpha value is -0.978. The van der Waals surface area contributed by atoms with Crippen molar-refractivity contribution in [1.29, 1.82) is 0 Å². The largest absolute Gasteiger partial charge is 1.00 e. The van der Waals surface area contributed by atoms with Crippen LogP contribution in [0.25, 0.3) is 11.1 Å². The number of rotatable bonds is 4. The van der Waals surface area contributed by atoms with Gasteiger partial charge in [0.2, 0.25) is 0 Å². The summed E-state index contributed by atoms with van der Waals surface area (Å²) in [4.78, 5) is 0. The molecular formula is C22H30BLiO2. The van der Waals surface area contributed by atoms with Gasteiger partial charge in [-0.25, -0.2) is 0 Å². The molecule has 1 aliphatic heterocycles. The molecule has 1 heterocycles. The average molecular weight is 344 g/mol. The van der Waals surface area contributed by atoms with Crippen molar-refractivity contribution in [2.45, 2.75) is 65.0 Å². The van der Waals surface area contributed by atoms with Crippen molar-refractivity contribution < 1.29 is 28.2 Å². The van der Waals surface area contributed by atoms with Gasteiger partial charge >= 0.3 is 18.9 Å². The van der Waals surface area contributed by atoms with E-state index < -0.39 is 6.55 Å². The average Bonchev–Trinajstić information content (AvgIpc) is 2.80. The molecule has 2 aromatic carbocycles. The summed E-state index contributed by atoms with van der Waals surface area (Å²) in [5, 5.41) is 0. The molecule has 0 radical (unpaired) electrons. The molecule has 0 bridgehead atoms. The van der Waals surface area contributed by atoms with Crippen LogP contribution in [0.2, 0.25) is 5.82 Å². The Balaban J connectivity index is 0.00000243. The fraction of sp³-hybridized carbons (Fsp3) is 0.455. The van der Waals surface area contributed by atoms with Crippen molar-refractivity contribution in [3.8, 4) is 11.1 Å². The second kappa shape index (κ2) is 7.57. The van der Waals surface area contributed by atoms with Crippen LogP contribution in [0.5, 0.6) is 0 Å². The summed E-state index contributed by atoms with van der Waals surface area (Å²) in [7, 11) is 0. The van der Waals surface area contributed by atoms with Crippen LogP contribution in [0, 0.1) is 0 Å². The van der Waals surface area contributed by atoms with Crippen molar-refractivity contribution in [2.75, 3.05) is 0 Å². The second-order valence-electron chi connectivity index (χ2n) is 8.40. The molecule has 0 N–H and O–H groups in total. The maximum Gasteiger partial charge on any atom is 1.00 e. The predicted molar refractivity (Wildman–Crippen MR) is 107 cm³/mol. The minimum Gasteiger partial charge on any atom is -0.558 e. The Morgan fingerprint density at radius 1 is 0.846 bits per heavy atom. The van der Waals surface area contributed by atoms with Gasteiger partial charge in [-0.1, -0.05) is 74.9 Å². The first-order valence-corrected chi connectivity index (χ1v) is 9.43. The summed E-state index contributed by atoms with van der Waals surface area (Å²) < 4.78 is 13.4. The van der Waals surface area contributed by atoms with Gasteiger partial charge in [-0.2, -0.15) is 5.46 Å². The van der Waals surface area contributed by atoms with Crippen molar-refractivity contribution in [1.82, 2.24) is 0 Å². The van der Waals surface area contributed by atoms with E-state index in [4.69, 9.17) is 9.31 Å². The van der Waals surface area contributed by atoms with E-state index in [-0.39, 0.29) is 30.1 Å². The summed E-state index contributed by atoms with van der Waals surface area (Å²) in [5.41, 5.74) is 2.92. The minimum absolute atomic E-state index is 0. The van der Waals surface area contributed by atoms with E-state index in [0.717, 1.165) is 11.9 Å². The molecule has 0 aromatic heterocycles. The molecule has 4 heteroatoms. The molecule has 1 unspecified atom stereocenters. The Kier molecular flexibility index (Phi) is 6.21. The SMILES string of the molecule is CCC(C)[B-]1(c2cccc(-c3ccccc3)c2)OC(C)(C)C(C)(C)O1.[Li+]. The molecule has 134 valence electrons. The number of benzene rings is 2. The van der Waals surface area contributed by atoms with Gasteiger partial charge in [0.05, 0.1) is 0 Å². The molecule has 1 aliphatic rings. The van der Waals surface area contributed by atoms with Crippen LogP contribution >= 0.6 is 0 Å². The standard InChI is InChI=1S/C22H30BO2.Li/c1-7-17(2)23(24-21(3,4)22(5,6)25-23)20-15-11-14-19(16-20)18-12-9-8-10-13-18;/h8-17H,7H2,1-6H3;/q-1;+1. The van der Waals surface area contributed by atoms with Crippen LogP contribution in [0.3, 0.4) is 0 Å². The summed E-state index contributed by atoms with van der Waals surface area (Å²) in [6.07, 6.45) is 1.02.